The molecule has 0 radical (unpaired) electrons. The zero-order valence-corrected chi connectivity index (χ0v) is 13.8. The first-order chi connectivity index (χ1) is 11.6. The third-order valence-electron chi connectivity index (χ3n) is 3.45. The second-order valence-corrected chi connectivity index (χ2v) is 5.19. The molecule has 0 atom stereocenters. The van der Waals surface area contributed by atoms with Crippen molar-refractivity contribution in [1.29, 1.82) is 5.26 Å². The molecule has 124 valence electrons. The average molecular weight is 324 g/mol. The summed E-state index contributed by atoms with van der Waals surface area (Å²) in [4.78, 5) is 17.8. The highest BCUT2D eigenvalue weighted by molar-refractivity contribution is 5.89. The summed E-state index contributed by atoms with van der Waals surface area (Å²) >= 11 is 0. The minimum absolute atomic E-state index is 0.215. The number of carbonyl (C=O) groups is 1. The Bertz CT molecular complexity index is 726. The minimum atomic E-state index is -0.215. The fourth-order valence-corrected chi connectivity index (χ4v) is 2.17. The lowest BCUT2D eigenvalue weighted by atomic mass is 10.2. The van der Waals surface area contributed by atoms with Gasteiger partial charge in [-0.05, 0) is 49.7 Å². The van der Waals surface area contributed by atoms with E-state index >= 15 is 0 Å². The Balaban J connectivity index is 2.04. The smallest absolute Gasteiger partial charge is 0.321 e. The summed E-state index contributed by atoms with van der Waals surface area (Å²) in [5, 5.41) is 11.5. The molecule has 0 aliphatic rings. The van der Waals surface area contributed by atoms with Crippen molar-refractivity contribution < 1.29 is 9.53 Å². The first-order valence-corrected chi connectivity index (χ1v) is 7.75. The van der Waals surface area contributed by atoms with Crippen molar-refractivity contribution in [3.05, 3.63) is 48.3 Å². The van der Waals surface area contributed by atoms with E-state index in [-0.39, 0.29) is 6.03 Å². The van der Waals surface area contributed by atoms with Gasteiger partial charge in [0, 0.05) is 25.0 Å². The molecule has 2 aromatic rings. The van der Waals surface area contributed by atoms with Crippen molar-refractivity contribution in [3.8, 4) is 17.6 Å². The molecule has 1 aromatic carbocycles. The number of rotatable bonds is 6. The van der Waals surface area contributed by atoms with Gasteiger partial charge < -0.3 is 15.0 Å². The summed E-state index contributed by atoms with van der Waals surface area (Å²) in [5.41, 5.74) is 1.59. The van der Waals surface area contributed by atoms with Crippen LogP contribution in [0.4, 0.5) is 10.5 Å². The molecular formula is C18H20N4O2. The number of hydrogen-bond donors (Lipinski definition) is 1. The summed E-state index contributed by atoms with van der Waals surface area (Å²) in [6, 6.07) is 10.9. The maximum absolute atomic E-state index is 12.2. The van der Waals surface area contributed by atoms with Gasteiger partial charge in [0.05, 0.1) is 18.7 Å². The number of hydrogen-bond acceptors (Lipinski definition) is 4. The monoisotopic (exact) mass is 324 g/mol. The molecule has 1 N–H and O–H groups in total. The predicted molar refractivity (Wildman–Crippen MR) is 92.0 cm³/mol. The van der Waals surface area contributed by atoms with Crippen molar-refractivity contribution in [1.82, 2.24) is 9.88 Å². The topological polar surface area (TPSA) is 78.2 Å². The molecule has 1 heterocycles. The van der Waals surface area contributed by atoms with Crippen LogP contribution in [-0.4, -0.2) is 29.0 Å². The lowest BCUT2D eigenvalue weighted by Crippen LogP contribution is -2.35. The Hall–Kier alpha value is -3.07. The van der Waals surface area contributed by atoms with Crippen LogP contribution in [0, 0.1) is 18.3 Å². The number of nitrogens with one attached hydrogen (secondary N) is 1. The lowest BCUT2D eigenvalue weighted by Gasteiger charge is -2.20. The average Bonchev–Trinajstić information content (AvgIpc) is 2.59. The number of nitrogens with zero attached hydrogens (tertiary/aromatic N) is 3. The van der Waals surface area contributed by atoms with Crippen molar-refractivity contribution in [2.24, 2.45) is 0 Å². The molecule has 24 heavy (non-hydrogen) atoms. The largest absolute Gasteiger partial charge is 0.455 e. The third-order valence-corrected chi connectivity index (χ3v) is 3.45. The van der Waals surface area contributed by atoms with E-state index in [4.69, 9.17) is 10.00 Å². The molecule has 0 aliphatic heterocycles. The van der Waals surface area contributed by atoms with E-state index in [9.17, 15) is 4.79 Å². The van der Waals surface area contributed by atoms with Gasteiger partial charge >= 0.3 is 6.03 Å². The summed E-state index contributed by atoms with van der Waals surface area (Å²) in [6.07, 6.45) is 3.64. The molecule has 1 aromatic heterocycles. The molecule has 0 aliphatic carbocycles. The van der Waals surface area contributed by atoms with E-state index in [1.165, 1.54) is 0 Å². The Morgan fingerprint density at radius 3 is 2.88 bits per heavy atom. The number of nitriles is 1. The summed E-state index contributed by atoms with van der Waals surface area (Å²) < 4.78 is 5.77. The number of ether oxygens (including phenoxy) is 1. The number of aryl methyl sites for hydroxylation is 1. The minimum Gasteiger partial charge on any atom is -0.455 e. The fraction of sp³-hybridized carbons (Fsp3) is 0.278. The molecule has 0 unspecified atom stereocenters. The van der Waals surface area contributed by atoms with Crippen LogP contribution in [0.5, 0.6) is 11.5 Å². The standard InChI is InChI=1S/C18H20N4O2/c1-3-22(11-5-9-19)18(23)21-15-7-8-17(14(2)12-15)24-16-6-4-10-20-13-16/h4,6-8,10,12-13H,3,5,11H2,1-2H3,(H,21,23). The number of anilines is 1. The van der Waals surface area contributed by atoms with Crippen LogP contribution in [0.3, 0.4) is 0 Å². The zero-order chi connectivity index (χ0) is 17.4. The number of pyridine rings is 1. The number of carbonyl (C=O) groups excluding carboxylic acids is 1. The normalized spacial score (nSPS) is 9.88. The quantitative estimate of drug-likeness (QED) is 0.872. The molecule has 0 spiro atoms. The van der Waals surface area contributed by atoms with E-state index in [1.54, 1.807) is 29.4 Å². The maximum atomic E-state index is 12.2. The second-order valence-electron chi connectivity index (χ2n) is 5.19. The van der Waals surface area contributed by atoms with Crippen LogP contribution in [0.15, 0.2) is 42.7 Å². The van der Waals surface area contributed by atoms with Crippen molar-refractivity contribution in [2.75, 3.05) is 18.4 Å². The van der Waals surface area contributed by atoms with E-state index in [0.717, 1.165) is 5.56 Å². The van der Waals surface area contributed by atoms with E-state index in [2.05, 4.69) is 10.3 Å². The fourth-order valence-electron chi connectivity index (χ4n) is 2.17. The van der Waals surface area contributed by atoms with Crippen molar-refractivity contribution >= 4 is 11.7 Å². The van der Waals surface area contributed by atoms with E-state index in [1.807, 2.05) is 38.1 Å². The van der Waals surface area contributed by atoms with Crippen LogP contribution in [-0.2, 0) is 0 Å². The highest BCUT2D eigenvalue weighted by Crippen LogP contribution is 2.26. The Labute approximate surface area is 141 Å². The van der Waals surface area contributed by atoms with Gasteiger partial charge in [-0.3, -0.25) is 4.98 Å². The Kier molecular flexibility index (Phi) is 6.15. The van der Waals surface area contributed by atoms with E-state index in [0.29, 0.717) is 36.7 Å². The number of benzene rings is 1. The summed E-state index contributed by atoms with van der Waals surface area (Å²) in [5.74, 6) is 1.36. The molecule has 0 bridgehead atoms. The second kappa shape index (κ2) is 8.53. The zero-order valence-electron chi connectivity index (χ0n) is 13.8. The van der Waals surface area contributed by atoms with Gasteiger partial charge in [-0.2, -0.15) is 5.26 Å². The number of aromatic nitrogens is 1. The summed E-state index contributed by atoms with van der Waals surface area (Å²) in [6.45, 7) is 4.76. The molecule has 2 rings (SSSR count). The Morgan fingerprint density at radius 2 is 2.25 bits per heavy atom. The van der Waals surface area contributed by atoms with Gasteiger partial charge in [0.2, 0.25) is 0 Å². The van der Waals surface area contributed by atoms with Crippen molar-refractivity contribution in [3.63, 3.8) is 0 Å². The molecule has 6 heteroatoms. The maximum Gasteiger partial charge on any atom is 0.321 e. The van der Waals surface area contributed by atoms with Crippen LogP contribution in [0.25, 0.3) is 0 Å². The molecule has 0 fully saturated rings. The van der Waals surface area contributed by atoms with E-state index < -0.39 is 0 Å². The van der Waals surface area contributed by atoms with Crippen molar-refractivity contribution in [2.45, 2.75) is 20.3 Å². The van der Waals surface area contributed by atoms with Gasteiger partial charge in [0.1, 0.15) is 11.5 Å². The van der Waals surface area contributed by atoms with Crippen LogP contribution >= 0.6 is 0 Å². The van der Waals surface area contributed by atoms with Gasteiger partial charge in [-0.1, -0.05) is 0 Å². The third kappa shape index (κ3) is 4.71. The summed E-state index contributed by atoms with van der Waals surface area (Å²) in [7, 11) is 0. The molecule has 2 amide bonds. The SMILES string of the molecule is CCN(CCC#N)C(=O)Nc1ccc(Oc2cccnc2)c(C)c1. The van der Waals surface area contributed by atoms with Crippen LogP contribution in [0.2, 0.25) is 0 Å². The molecule has 0 saturated heterocycles. The van der Waals surface area contributed by atoms with Crippen LogP contribution in [0.1, 0.15) is 18.9 Å². The predicted octanol–water partition coefficient (Wildman–Crippen LogP) is 3.95. The van der Waals surface area contributed by atoms with Gasteiger partial charge in [0.25, 0.3) is 0 Å². The first-order valence-electron chi connectivity index (χ1n) is 7.75. The molecule has 0 saturated carbocycles. The van der Waals surface area contributed by atoms with Gasteiger partial charge in [-0.25, -0.2) is 4.79 Å². The number of amides is 2. The van der Waals surface area contributed by atoms with Gasteiger partial charge in [-0.15, -0.1) is 0 Å². The number of urea groups is 1. The molecular weight excluding hydrogens is 304 g/mol. The first kappa shape index (κ1) is 17.3. The molecule has 6 nitrogen and oxygen atoms in total. The van der Waals surface area contributed by atoms with Crippen LogP contribution < -0.4 is 10.1 Å². The highest BCUT2D eigenvalue weighted by atomic mass is 16.5. The highest BCUT2D eigenvalue weighted by Gasteiger charge is 2.12. The van der Waals surface area contributed by atoms with Gasteiger partial charge in [0.15, 0.2) is 0 Å². The Morgan fingerprint density at radius 1 is 1.42 bits per heavy atom. The lowest BCUT2D eigenvalue weighted by molar-refractivity contribution is 0.215.